The molecule has 4 aromatic carbocycles. The van der Waals surface area contributed by atoms with Crippen LogP contribution in [0.1, 0.15) is 47.1 Å². The van der Waals surface area contributed by atoms with E-state index in [9.17, 15) is 14.4 Å². The van der Waals surface area contributed by atoms with Gasteiger partial charge in [-0.25, -0.2) is 4.79 Å². The molecule has 0 fully saturated rings. The maximum Gasteiger partial charge on any atom is 0.344 e. The fourth-order valence-electron chi connectivity index (χ4n) is 4.23. The molecular weight excluding hydrogens is 488 g/mol. The van der Waals surface area contributed by atoms with Crippen molar-refractivity contribution in [3.63, 3.8) is 0 Å². The Bertz CT molecular complexity index is 1710. The SMILES string of the molecule is CC(C)(C)c1ccc(C(=O)Nc2ccc(NC(=O)c3ccc(-c4cc5ccccc5oc4=O)cc3)cc2)cc1. The molecule has 6 heteroatoms. The van der Waals surface area contributed by atoms with Gasteiger partial charge in [0, 0.05) is 27.9 Å². The lowest BCUT2D eigenvalue weighted by Gasteiger charge is -2.19. The summed E-state index contributed by atoms with van der Waals surface area (Å²) >= 11 is 0. The second kappa shape index (κ2) is 10.4. The third kappa shape index (κ3) is 5.80. The molecule has 1 aromatic heterocycles. The Hall–Kier alpha value is -4.97. The number of para-hydroxylation sites is 1. The van der Waals surface area contributed by atoms with Gasteiger partial charge in [0.1, 0.15) is 5.58 Å². The van der Waals surface area contributed by atoms with Crippen molar-refractivity contribution >= 4 is 34.2 Å². The highest BCUT2D eigenvalue weighted by Gasteiger charge is 2.15. The Morgan fingerprint density at radius 1 is 0.667 bits per heavy atom. The van der Waals surface area contributed by atoms with E-state index >= 15 is 0 Å². The Morgan fingerprint density at radius 3 is 1.72 bits per heavy atom. The van der Waals surface area contributed by atoms with Gasteiger partial charge in [0.15, 0.2) is 0 Å². The summed E-state index contributed by atoms with van der Waals surface area (Å²) in [5, 5.41) is 6.56. The molecule has 2 N–H and O–H groups in total. The maximum atomic E-state index is 12.8. The predicted molar refractivity (Wildman–Crippen MR) is 155 cm³/mol. The summed E-state index contributed by atoms with van der Waals surface area (Å²) in [6.07, 6.45) is 0. The van der Waals surface area contributed by atoms with Crippen LogP contribution in [0.15, 0.2) is 112 Å². The quantitative estimate of drug-likeness (QED) is 0.241. The van der Waals surface area contributed by atoms with Crippen LogP contribution in [0.2, 0.25) is 0 Å². The molecule has 0 aliphatic rings. The van der Waals surface area contributed by atoms with E-state index in [1.165, 1.54) is 0 Å². The van der Waals surface area contributed by atoms with E-state index in [1.54, 1.807) is 60.7 Å². The molecule has 6 nitrogen and oxygen atoms in total. The molecule has 1 heterocycles. The first kappa shape index (κ1) is 25.7. The van der Waals surface area contributed by atoms with Crippen molar-refractivity contribution in [3.8, 4) is 11.1 Å². The molecule has 0 spiro atoms. The standard InChI is InChI=1S/C33H28N2O4/c1-33(2,3)25-14-12-23(13-15-25)31(37)35-27-18-16-26(17-19-27)34-30(36)22-10-8-21(9-11-22)28-20-24-6-4-5-7-29(24)39-32(28)38/h4-20H,1-3H3,(H,34,36)(H,35,37). The van der Waals surface area contributed by atoms with Crippen LogP contribution in [0, 0.1) is 0 Å². The molecule has 0 saturated heterocycles. The summed E-state index contributed by atoms with van der Waals surface area (Å²) in [6.45, 7) is 6.39. The van der Waals surface area contributed by atoms with E-state index in [1.807, 2.05) is 42.5 Å². The third-order valence-electron chi connectivity index (χ3n) is 6.51. The molecule has 0 bridgehead atoms. The van der Waals surface area contributed by atoms with Gasteiger partial charge in [0.25, 0.3) is 11.8 Å². The first-order valence-electron chi connectivity index (χ1n) is 12.6. The van der Waals surface area contributed by atoms with Crippen molar-refractivity contribution in [3.05, 3.63) is 130 Å². The molecule has 0 aliphatic heterocycles. The largest absolute Gasteiger partial charge is 0.422 e. The first-order valence-corrected chi connectivity index (χ1v) is 12.6. The molecular formula is C33H28N2O4. The number of nitrogens with one attached hydrogen (secondary N) is 2. The Kier molecular flexibility index (Phi) is 6.86. The van der Waals surface area contributed by atoms with Crippen molar-refractivity contribution in [1.82, 2.24) is 0 Å². The zero-order valence-corrected chi connectivity index (χ0v) is 21.9. The Morgan fingerprint density at radius 2 is 1.18 bits per heavy atom. The van der Waals surface area contributed by atoms with Crippen molar-refractivity contribution in [2.45, 2.75) is 26.2 Å². The van der Waals surface area contributed by atoms with Gasteiger partial charge in [0.05, 0.1) is 5.56 Å². The molecule has 0 atom stereocenters. The molecule has 5 aromatic rings. The van der Waals surface area contributed by atoms with E-state index in [0.29, 0.717) is 39.2 Å². The molecule has 2 amide bonds. The van der Waals surface area contributed by atoms with Gasteiger partial charge in [-0.05, 0) is 77.2 Å². The van der Waals surface area contributed by atoms with Gasteiger partial charge in [-0.2, -0.15) is 0 Å². The minimum atomic E-state index is -0.431. The van der Waals surface area contributed by atoms with Crippen LogP contribution in [0.5, 0.6) is 0 Å². The number of hydrogen-bond acceptors (Lipinski definition) is 4. The number of amides is 2. The summed E-state index contributed by atoms with van der Waals surface area (Å²) in [6, 6.07) is 30.4. The van der Waals surface area contributed by atoms with Gasteiger partial charge in [-0.1, -0.05) is 63.2 Å². The highest BCUT2D eigenvalue weighted by Crippen LogP contribution is 2.24. The third-order valence-corrected chi connectivity index (χ3v) is 6.51. The zero-order valence-electron chi connectivity index (χ0n) is 21.9. The average Bonchev–Trinajstić information content (AvgIpc) is 2.93. The van der Waals surface area contributed by atoms with Crippen LogP contribution < -0.4 is 16.3 Å². The molecule has 0 aliphatic carbocycles. The number of rotatable bonds is 5. The summed E-state index contributed by atoms with van der Waals surface area (Å²) in [7, 11) is 0. The fraction of sp³-hybridized carbons (Fsp3) is 0.121. The second-order valence-electron chi connectivity index (χ2n) is 10.4. The van der Waals surface area contributed by atoms with Crippen molar-refractivity contribution in [1.29, 1.82) is 0 Å². The molecule has 0 unspecified atom stereocenters. The molecule has 39 heavy (non-hydrogen) atoms. The monoisotopic (exact) mass is 516 g/mol. The normalized spacial score (nSPS) is 11.3. The zero-order chi connectivity index (χ0) is 27.6. The van der Waals surface area contributed by atoms with E-state index < -0.39 is 5.63 Å². The first-order chi connectivity index (χ1) is 18.7. The van der Waals surface area contributed by atoms with E-state index in [4.69, 9.17) is 4.42 Å². The number of benzene rings is 4. The number of hydrogen-bond donors (Lipinski definition) is 2. The summed E-state index contributed by atoms with van der Waals surface area (Å²) < 4.78 is 5.42. The van der Waals surface area contributed by atoms with Gasteiger partial charge in [-0.3, -0.25) is 9.59 Å². The molecule has 0 saturated carbocycles. The van der Waals surface area contributed by atoms with E-state index in [0.717, 1.165) is 10.9 Å². The highest BCUT2D eigenvalue weighted by molar-refractivity contribution is 6.06. The van der Waals surface area contributed by atoms with Crippen LogP contribution in [-0.2, 0) is 5.41 Å². The summed E-state index contributed by atoms with van der Waals surface area (Å²) in [5.74, 6) is -0.490. The molecule has 0 radical (unpaired) electrons. The summed E-state index contributed by atoms with van der Waals surface area (Å²) in [4.78, 5) is 37.9. The number of carbonyl (C=O) groups is 2. The van der Waals surface area contributed by atoms with Gasteiger partial charge in [0.2, 0.25) is 0 Å². The smallest absolute Gasteiger partial charge is 0.344 e. The van der Waals surface area contributed by atoms with Crippen LogP contribution in [0.3, 0.4) is 0 Å². The fourth-order valence-corrected chi connectivity index (χ4v) is 4.23. The molecule has 5 rings (SSSR count). The van der Waals surface area contributed by atoms with E-state index in [2.05, 4.69) is 31.4 Å². The van der Waals surface area contributed by atoms with Crippen LogP contribution in [0.25, 0.3) is 22.1 Å². The van der Waals surface area contributed by atoms with Crippen LogP contribution >= 0.6 is 0 Å². The minimum Gasteiger partial charge on any atom is -0.422 e. The molecule has 194 valence electrons. The van der Waals surface area contributed by atoms with Crippen molar-refractivity contribution in [2.24, 2.45) is 0 Å². The van der Waals surface area contributed by atoms with Crippen LogP contribution in [-0.4, -0.2) is 11.8 Å². The van der Waals surface area contributed by atoms with Crippen molar-refractivity contribution in [2.75, 3.05) is 10.6 Å². The van der Waals surface area contributed by atoms with Crippen molar-refractivity contribution < 1.29 is 14.0 Å². The lowest BCUT2D eigenvalue weighted by Crippen LogP contribution is -2.14. The lowest BCUT2D eigenvalue weighted by atomic mass is 9.87. The second-order valence-corrected chi connectivity index (χ2v) is 10.4. The summed E-state index contributed by atoms with van der Waals surface area (Å²) in [5.41, 5.74) is 4.61. The van der Waals surface area contributed by atoms with Gasteiger partial charge >= 0.3 is 5.63 Å². The minimum absolute atomic E-state index is 0.0190. The maximum absolute atomic E-state index is 12.8. The number of anilines is 2. The number of carbonyl (C=O) groups excluding carboxylic acids is 2. The van der Waals surface area contributed by atoms with Crippen LogP contribution in [0.4, 0.5) is 11.4 Å². The van der Waals surface area contributed by atoms with Gasteiger partial charge in [-0.15, -0.1) is 0 Å². The highest BCUT2D eigenvalue weighted by atomic mass is 16.4. The lowest BCUT2D eigenvalue weighted by molar-refractivity contribution is 0.101. The number of fused-ring (bicyclic) bond motifs is 1. The topological polar surface area (TPSA) is 88.4 Å². The van der Waals surface area contributed by atoms with Gasteiger partial charge < -0.3 is 15.1 Å². The predicted octanol–water partition coefficient (Wildman–Crippen LogP) is 7.26. The van der Waals surface area contributed by atoms with E-state index in [-0.39, 0.29) is 17.2 Å². The Balaban J connectivity index is 1.22. The Labute approximate surface area is 226 Å². The average molecular weight is 517 g/mol.